The van der Waals surface area contributed by atoms with Gasteiger partial charge in [-0.05, 0) is 37.1 Å². The summed E-state index contributed by atoms with van der Waals surface area (Å²) < 4.78 is 5.35. The average Bonchev–Trinajstić information content (AvgIpc) is 3.31. The van der Waals surface area contributed by atoms with E-state index in [0.717, 1.165) is 12.8 Å². The molecule has 2 amide bonds. The topological polar surface area (TPSA) is 78.9 Å². The van der Waals surface area contributed by atoms with Crippen LogP contribution in [0.1, 0.15) is 23.2 Å². The van der Waals surface area contributed by atoms with E-state index in [9.17, 15) is 14.7 Å². The van der Waals surface area contributed by atoms with Gasteiger partial charge in [0, 0.05) is 18.2 Å². The summed E-state index contributed by atoms with van der Waals surface area (Å²) in [5.41, 5.74) is 0.457. The zero-order valence-corrected chi connectivity index (χ0v) is 11.6. The lowest BCUT2D eigenvalue weighted by Crippen LogP contribution is -2.56. The normalized spacial score (nSPS) is 21.9. The monoisotopic (exact) mass is 290 g/mol. The number of carbonyl (C=O) groups is 2. The molecule has 1 atom stereocenters. The third-order valence-electron chi connectivity index (χ3n) is 3.73. The van der Waals surface area contributed by atoms with Gasteiger partial charge in [-0.3, -0.25) is 9.59 Å². The minimum atomic E-state index is -0.583. The molecule has 1 unspecified atom stereocenters. The molecule has 1 aromatic rings. The van der Waals surface area contributed by atoms with Crippen molar-refractivity contribution in [2.75, 3.05) is 19.8 Å². The van der Waals surface area contributed by atoms with E-state index in [2.05, 4.69) is 5.32 Å². The molecule has 0 radical (unpaired) electrons. The Balaban J connectivity index is 1.74. The third kappa shape index (κ3) is 3.16. The van der Waals surface area contributed by atoms with Crippen LogP contribution >= 0.6 is 0 Å². The average molecular weight is 290 g/mol. The number of nitrogens with zero attached hydrogens (tertiary/aromatic N) is 1. The quantitative estimate of drug-likeness (QED) is 0.850. The summed E-state index contributed by atoms with van der Waals surface area (Å²) in [7, 11) is 0. The van der Waals surface area contributed by atoms with Gasteiger partial charge < -0.3 is 20.1 Å². The highest BCUT2D eigenvalue weighted by molar-refractivity contribution is 5.98. The first-order chi connectivity index (χ1) is 10.1. The molecule has 1 saturated heterocycles. The van der Waals surface area contributed by atoms with Gasteiger partial charge in [0.2, 0.25) is 5.91 Å². The van der Waals surface area contributed by atoms with Crippen LogP contribution in [-0.4, -0.2) is 53.7 Å². The highest BCUT2D eigenvalue weighted by Crippen LogP contribution is 2.20. The van der Waals surface area contributed by atoms with Crippen LogP contribution in [0.15, 0.2) is 24.3 Å². The Morgan fingerprint density at radius 3 is 2.62 bits per heavy atom. The molecule has 1 aromatic carbocycles. The molecular weight excluding hydrogens is 272 g/mol. The van der Waals surface area contributed by atoms with Gasteiger partial charge in [0.25, 0.3) is 5.91 Å². The van der Waals surface area contributed by atoms with Crippen molar-refractivity contribution >= 4 is 11.8 Å². The van der Waals surface area contributed by atoms with E-state index in [0.29, 0.717) is 18.7 Å². The number of hydrogen-bond acceptors (Lipinski definition) is 4. The molecule has 2 N–H and O–H groups in total. The lowest BCUT2D eigenvalue weighted by Gasteiger charge is -2.34. The van der Waals surface area contributed by atoms with Crippen molar-refractivity contribution in [3.63, 3.8) is 0 Å². The molecule has 2 aliphatic rings. The number of rotatable bonds is 3. The van der Waals surface area contributed by atoms with Crippen molar-refractivity contribution in [2.24, 2.45) is 0 Å². The molecule has 0 bridgehead atoms. The summed E-state index contributed by atoms with van der Waals surface area (Å²) in [5.74, 6) is -0.255. The van der Waals surface area contributed by atoms with E-state index in [4.69, 9.17) is 4.74 Å². The smallest absolute Gasteiger partial charge is 0.254 e. The van der Waals surface area contributed by atoms with Gasteiger partial charge in [-0.1, -0.05) is 0 Å². The zero-order valence-electron chi connectivity index (χ0n) is 11.6. The molecule has 2 fully saturated rings. The second-order valence-corrected chi connectivity index (χ2v) is 5.42. The van der Waals surface area contributed by atoms with Crippen LogP contribution in [0.3, 0.4) is 0 Å². The molecule has 0 aromatic heterocycles. The minimum Gasteiger partial charge on any atom is -0.508 e. The number of nitrogens with one attached hydrogen (secondary N) is 1. The van der Waals surface area contributed by atoms with Gasteiger partial charge in [0.1, 0.15) is 11.8 Å². The number of phenolic OH excluding ortho intramolecular Hbond substituents is 1. The van der Waals surface area contributed by atoms with Crippen LogP contribution < -0.4 is 5.32 Å². The predicted molar refractivity (Wildman–Crippen MR) is 74.9 cm³/mol. The Morgan fingerprint density at radius 2 is 1.95 bits per heavy atom. The predicted octanol–water partition coefficient (Wildman–Crippen LogP) is 0.512. The molecule has 21 heavy (non-hydrogen) atoms. The molecule has 6 heteroatoms. The van der Waals surface area contributed by atoms with Crippen LogP contribution in [0.5, 0.6) is 5.75 Å². The fraction of sp³-hybridized carbons (Fsp3) is 0.467. The number of aromatic hydroxyl groups is 1. The van der Waals surface area contributed by atoms with Crippen LogP contribution in [0.4, 0.5) is 0 Å². The lowest BCUT2D eigenvalue weighted by molar-refractivity contribution is -0.130. The Hall–Kier alpha value is -2.08. The Kier molecular flexibility index (Phi) is 3.79. The number of ether oxygens (including phenoxy) is 1. The SMILES string of the molecule is O=C(NC1CC1)C1COCCN1C(=O)c1ccc(O)cc1. The molecule has 1 aliphatic carbocycles. The van der Waals surface area contributed by atoms with Crippen molar-refractivity contribution in [2.45, 2.75) is 24.9 Å². The zero-order chi connectivity index (χ0) is 14.8. The van der Waals surface area contributed by atoms with Crippen LogP contribution in [-0.2, 0) is 9.53 Å². The molecule has 0 spiro atoms. The minimum absolute atomic E-state index is 0.108. The first-order valence-electron chi connectivity index (χ1n) is 7.13. The molecule has 3 rings (SSSR count). The number of phenols is 1. The van der Waals surface area contributed by atoms with Crippen molar-refractivity contribution in [1.82, 2.24) is 10.2 Å². The van der Waals surface area contributed by atoms with Crippen molar-refractivity contribution in [1.29, 1.82) is 0 Å². The highest BCUT2D eigenvalue weighted by Gasteiger charge is 2.35. The van der Waals surface area contributed by atoms with Crippen LogP contribution in [0.25, 0.3) is 0 Å². The molecule has 1 aliphatic heterocycles. The second-order valence-electron chi connectivity index (χ2n) is 5.42. The fourth-order valence-corrected chi connectivity index (χ4v) is 2.36. The van der Waals surface area contributed by atoms with E-state index >= 15 is 0 Å². The Morgan fingerprint density at radius 1 is 1.24 bits per heavy atom. The van der Waals surface area contributed by atoms with E-state index in [1.54, 1.807) is 17.0 Å². The van der Waals surface area contributed by atoms with Crippen molar-refractivity contribution in [3.05, 3.63) is 29.8 Å². The summed E-state index contributed by atoms with van der Waals surface area (Å²) >= 11 is 0. The lowest BCUT2D eigenvalue weighted by atomic mass is 10.1. The largest absolute Gasteiger partial charge is 0.508 e. The number of morpholine rings is 1. The molecule has 112 valence electrons. The van der Waals surface area contributed by atoms with E-state index < -0.39 is 6.04 Å². The van der Waals surface area contributed by atoms with Gasteiger partial charge in [0.05, 0.1) is 13.2 Å². The van der Waals surface area contributed by atoms with Gasteiger partial charge >= 0.3 is 0 Å². The molecule has 1 heterocycles. The van der Waals surface area contributed by atoms with Crippen molar-refractivity contribution in [3.8, 4) is 5.75 Å². The maximum absolute atomic E-state index is 12.5. The summed E-state index contributed by atoms with van der Waals surface area (Å²) in [4.78, 5) is 26.3. The van der Waals surface area contributed by atoms with Gasteiger partial charge in [-0.15, -0.1) is 0 Å². The van der Waals surface area contributed by atoms with E-state index in [-0.39, 0.29) is 30.2 Å². The maximum atomic E-state index is 12.5. The molecule has 6 nitrogen and oxygen atoms in total. The van der Waals surface area contributed by atoms with Gasteiger partial charge in [-0.2, -0.15) is 0 Å². The van der Waals surface area contributed by atoms with Gasteiger partial charge in [-0.25, -0.2) is 0 Å². The highest BCUT2D eigenvalue weighted by atomic mass is 16.5. The number of amides is 2. The molecule has 1 saturated carbocycles. The van der Waals surface area contributed by atoms with Gasteiger partial charge in [0.15, 0.2) is 0 Å². The summed E-state index contributed by atoms with van der Waals surface area (Å²) in [6.07, 6.45) is 2.01. The number of benzene rings is 1. The first-order valence-corrected chi connectivity index (χ1v) is 7.13. The summed E-state index contributed by atoms with van der Waals surface area (Å²) in [6.45, 7) is 1.04. The van der Waals surface area contributed by atoms with E-state index in [1.165, 1.54) is 12.1 Å². The van der Waals surface area contributed by atoms with Crippen LogP contribution in [0, 0.1) is 0 Å². The van der Waals surface area contributed by atoms with Crippen LogP contribution in [0.2, 0.25) is 0 Å². The maximum Gasteiger partial charge on any atom is 0.254 e. The third-order valence-corrected chi connectivity index (χ3v) is 3.73. The Bertz CT molecular complexity index is 539. The number of hydrogen-bond donors (Lipinski definition) is 2. The van der Waals surface area contributed by atoms with E-state index in [1.807, 2.05) is 0 Å². The number of carbonyl (C=O) groups excluding carboxylic acids is 2. The summed E-state index contributed by atoms with van der Waals surface area (Å²) in [6, 6.07) is 5.72. The second kappa shape index (κ2) is 5.73. The van der Waals surface area contributed by atoms with Crippen molar-refractivity contribution < 1.29 is 19.4 Å². The first kappa shape index (κ1) is 13.9. The summed E-state index contributed by atoms with van der Waals surface area (Å²) in [5, 5.41) is 12.2. The Labute approximate surface area is 122 Å². The molecular formula is C15H18N2O4. The standard InChI is InChI=1S/C15H18N2O4/c18-12-5-1-10(2-6-12)15(20)17-7-8-21-9-13(17)14(19)16-11-3-4-11/h1-2,5-6,11,13,18H,3-4,7-9H2,(H,16,19). The fourth-order valence-electron chi connectivity index (χ4n) is 2.36.